The van der Waals surface area contributed by atoms with Crippen molar-refractivity contribution >= 4 is 29.1 Å². The summed E-state index contributed by atoms with van der Waals surface area (Å²) in [4.78, 5) is 13.2. The van der Waals surface area contributed by atoms with Gasteiger partial charge in [0.1, 0.15) is 0 Å². The van der Waals surface area contributed by atoms with Crippen LogP contribution in [0.4, 0.5) is 0 Å². The largest absolute Gasteiger partial charge is 0.391 e. The number of nitrogens with zero attached hydrogens (tertiary/aromatic N) is 1. The Labute approximate surface area is 194 Å². The van der Waals surface area contributed by atoms with Crippen molar-refractivity contribution in [1.82, 2.24) is 9.88 Å². The molecule has 2 atom stereocenters. The fraction of sp³-hybridized carbons (Fsp3) is 0.560. The standard InChI is InChI=1S/C25H32Cl2N2O2/c1-16-20(25(31)28-22-9-5-6-10-24(22)30)14-23(19-12-11-18(26)13-21(19)27)29(16)15-17-7-3-2-4-8-17/h11-14,17,22,24,30H,2-10,15H2,1H3,(H,28,31)/t22-,24+/m1/s1. The Kier molecular flexibility index (Phi) is 7.30. The van der Waals surface area contributed by atoms with Gasteiger partial charge in [0.05, 0.1) is 28.4 Å². The molecule has 0 spiro atoms. The molecule has 4 rings (SSSR count). The molecule has 168 valence electrons. The molecule has 4 nitrogen and oxygen atoms in total. The Morgan fingerprint density at radius 2 is 1.77 bits per heavy atom. The minimum absolute atomic E-state index is 0.114. The third-order valence-electron chi connectivity index (χ3n) is 7.03. The van der Waals surface area contributed by atoms with Crippen LogP contribution in [0.25, 0.3) is 11.3 Å². The molecule has 2 saturated carbocycles. The van der Waals surface area contributed by atoms with Gasteiger partial charge >= 0.3 is 0 Å². The highest BCUT2D eigenvalue weighted by Gasteiger charge is 2.28. The molecule has 1 amide bonds. The molecule has 1 aromatic heterocycles. The van der Waals surface area contributed by atoms with Gasteiger partial charge in [0.15, 0.2) is 0 Å². The summed E-state index contributed by atoms with van der Waals surface area (Å²) >= 11 is 12.7. The summed E-state index contributed by atoms with van der Waals surface area (Å²) in [7, 11) is 0. The first-order chi connectivity index (χ1) is 14.9. The molecular weight excluding hydrogens is 431 g/mol. The highest BCUT2D eigenvalue weighted by Crippen LogP contribution is 2.35. The predicted octanol–water partition coefficient (Wildman–Crippen LogP) is 6.38. The lowest BCUT2D eigenvalue weighted by molar-refractivity contribution is 0.0716. The first-order valence-corrected chi connectivity index (χ1v) is 12.3. The van der Waals surface area contributed by atoms with Gasteiger partial charge in [0.25, 0.3) is 5.91 Å². The Hall–Kier alpha value is -1.49. The van der Waals surface area contributed by atoms with Crippen LogP contribution in [0.15, 0.2) is 24.3 Å². The number of aliphatic hydroxyl groups is 1. The molecule has 1 heterocycles. The second-order valence-electron chi connectivity index (χ2n) is 9.20. The van der Waals surface area contributed by atoms with E-state index in [1.807, 2.05) is 25.1 Å². The van der Waals surface area contributed by atoms with E-state index in [9.17, 15) is 9.90 Å². The first-order valence-electron chi connectivity index (χ1n) is 11.6. The van der Waals surface area contributed by atoms with Crippen molar-refractivity contribution in [3.8, 4) is 11.3 Å². The maximum Gasteiger partial charge on any atom is 0.253 e. The number of carbonyl (C=O) groups excluding carboxylic acids is 1. The number of aliphatic hydroxyl groups excluding tert-OH is 1. The maximum absolute atomic E-state index is 13.2. The SMILES string of the molecule is Cc1c(C(=O)N[C@@H]2CCCC[C@@H]2O)cc(-c2ccc(Cl)cc2Cl)n1CC1CCCCC1. The van der Waals surface area contributed by atoms with Crippen LogP contribution >= 0.6 is 23.2 Å². The van der Waals surface area contributed by atoms with Crippen molar-refractivity contribution in [2.45, 2.75) is 83.4 Å². The Bertz CT molecular complexity index is 934. The number of carbonyl (C=O) groups is 1. The van der Waals surface area contributed by atoms with Gasteiger partial charge in [-0.15, -0.1) is 0 Å². The van der Waals surface area contributed by atoms with E-state index >= 15 is 0 Å². The van der Waals surface area contributed by atoms with E-state index in [1.54, 1.807) is 6.07 Å². The number of benzene rings is 1. The van der Waals surface area contributed by atoms with Crippen LogP contribution in [0.1, 0.15) is 73.8 Å². The van der Waals surface area contributed by atoms with E-state index < -0.39 is 6.10 Å². The van der Waals surface area contributed by atoms with Crippen LogP contribution in [0.2, 0.25) is 10.0 Å². The summed E-state index contributed by atoms with van der Waals surface area (Å²) in [6.45, 7) is 2.90. The normalized spacial score (nSPS) is 22.5. The van der Waals surface area contributed by atoms with Gasteiger partial charge in [-0.05, 0) is 62.8 Å². The second kappa shape index (κ2) is 9.97. The number of hydrogen-bond donors (Lipinski definition) is 2. The number of nitrogens with one attached hydrogen (secondary N) is 1. The van der Waals surface area contributed by atoms with Gasteiger partial charge in [-0.25, -0.2) is 0 Å². The topological polar surface area (TPSA) is 54.3 Å². The van der Waals surface area contributed by atoms with Crippen molar-refractivity contribution in [3.63, 3.8) is 0 Å². The van der Waals surface area contributed by atoms with Crippen LogP contribution in [0.5, 0.6) is 0 Å². The third-order valence-corrected chi connectivity index (χ3v) is 7.58. The van der Waals surface area contributed by atoms with Gasteiger partial charge in [0, 0.05) is 22.8 Å². The minimum Gasteiger partial charge on any atom is -0.391 e. The van der Waals surface area contributed by atoms with Crippen LogP contribution in [0, 0.1) is 12.8 Å². The van der Waals surface area contributed by atoms with Crippen molar-refractivity contribution in [2.75, 3.05) is 0 Å². The van der Waals surface area contributed by atoms with E-state index in [4.69, 9.17) is 23.2 Å². The molecule has 1 aromatic carbocycles. The lowest BCUT2D eigenvalue weighted by Crippen LogP contribution is -2.45. The van der Waals surface area contributed by atoms with Gasteiger partial charge in [-0.1, -0.05) is 55.3 Å². The smallest absolute Gasteiger partial charge is 0.253 e. The fourth-order valence-corrected chi connectivity index (χ4v) is 5.69. The number of rotatable bonds is 5. The van der Waals surface area contributed by atoms with Crippen LogP contribution in [-0.2, 0) is 6.54 Å². The molecule has 6 heteroatoms. The van der Waals surface area contributed by atoms with E-state index in [0.29, 0.717) is 21.5 Å². The van der Waals surface area contributed by atoms with Gasteiger partial charge < -0.3 is 15.0 Å². The molecule has 0 saturated heterocycles. The average Bonchev–Trinajstić information content (AvgIpc) is 3.07. The van der Waals surface area contributed by atoms with Gasteiger partial charge in [-0.2, -0.15) is 0 Å². The van der Waals surface area contributed by atoms with E-state index in [0.717, 1.165) is 49.2 Å². The maximum atomic E-state index is 13.2. The zero-order valence-corrected chi connectivity index (χ0v) is 19.7. The van der Waals surface area contributed by atoms with Gasteiger partial charge in [-0.3, -0.25) is 4.79 Å². The Balaban J connectivity index is 1.67. The molecule has 2 fully saturated rings. The molecule has 0 radical (unpaired) electrons. The summed E-state index contributed by atoms with van der Waals surface area (Å²) in [6, 6.07) is 7.31. The monoisotopic (exact) mass is 462 g/mol. The zero-order chi connectivity index (χ0) is 22.0. The number of aromatic nitrogens is 1. The highest BCUT2D eigenvalue weighted by atomic mass is 35.5. The Morgan fingerprint density at radius 1 is 1.06 bits per heavy atom. The summed E-state index contributed by atoms with van der Waals surface area (Å²) < 4.78 is 2.26. The average molecular weight is 463 g/mol. The van der Waals surface area contributed by atoms with E-state index in [1.165, 1.54) is 32.1 Å². The summed E-state index contributed by atoms with van der Waals surface area (Å²) in [5, 5.41) is 14.6. The summed E-state index contributed by atoms with van der Waals surface area (Å²) in [5.74, 6) is 0.498. The number of halogens is 2. The van der Waals surface area contributed by atoms with E-state index in [-0.39, 0.29) is 11.9 Å². The number of hydrogen-bond acceptors (Lipinski definition) is 2. The summed E-state index contributed by atoms with van der Waals surface area (Å²) in [6.07, 6.45) is 9.47. The van der Waals surface area contributed by atoms with Crippen molar-refractivity contribution in [2.24, 2.45) is 5.92 Å². The zero-order valence-electron chi connectivity index (χ0n) is 18.2. The molecule has 2 N–H and O–H groups in total. The fourth-order valence-electron chi connectivity index (χ4n) is 5.18. The molecule has 2 aromatic rings. The highest BCUT2D eigenvalue weighted by molar-refractivity contribution is 6.36. The molecule has 0 unspecified atom stereocenters. The third kappa shape index (κ3) is 5.13. The lowest BCUT2D eigenvalue weighted by atomic mass is 9.89. The van der Waals surface area contributed by atoms with Crippen molar-refractivity contribution < 1.29 is 9.90 Å². The van der Waals surface area contributed by atoms with Gasteiger partial charge in [0.2, 0.25) is 0 Å². The van der Waals surface area contributed by atoms with E-state index in [2.05, 4.69) is 9.88 Å². The second-order valence-corrected chi connectivity index (χ2v) is 10.0. The van der Waals surface area contributed by atoms with Crippen LogP contribution in [-0.4, -0.2) is 27.7 Å². The molecule has 2 aliphatic carbocycles. The molecule has 0 bridgehead atoms. The minimum atomic E-state index is -0.465. The summed E-state index contributed by atoms with van der Waals surface area (Å²) in [5.41, 5.74) is 3.46. The molecule has 31 heavy (non-hydrogen) atoms. The van der Waals surface area contributed by atoms with Crippen molar-refractivity contribution in [1.29, 1.82) is 0 Å². The van der Waals surface area contributed by atoms with Crippen molar-refractivity contribution in [3.05, 3.63) is 45.6 Å². The Morgan fingerprint density at radius 3 is 2.48 bits per heavy atom. The number of amides is 1. The van der Waals surface area contributed by atoms with Crippen LogP contribution in [0.3, 0.4) is 0 Å². The first kappa shape index (κ1) is 22.7. The molecule has 0 aliphatic heterocycles. The quantitative estimate of drug-likeness (QED) is 0.540. The lowest BCUT2D eigenvalue weighted by Gasteiger charge is -2.28. The molecule has 2 aliphatic rings. The predicted molar refractivity (Wildman–Crippen MR) is 127 cm³/mol. The van der Waals surface area contributed by atoms with Crippen LogP contribution < -0.4 is 5.32 Å². The molecular formula is C25H32Cl2N2O2.